The van der Waals surface area contributed by atoms with Gasteiger partial charge in [0.05, 0.1) is 6.54 Å². The zero-order valence-corrected chi connectivity index (χ0v) is 14.9. The van der Waals surface area contributed by atoms with Gasteiger partial charge in [0.15, 0.2) is 0 Å². The molecule has 1 heterocycles. The van der Waals surface area contributed by atoms with Gasteiger partial charge in [-0.1, -0.05) is 41.9 Å². The van der Waals surface area contributed by atoms with Crippen molar-refractivity contribution in [2.24, 2.45) is 0 Å². The van der Waals surface area contributed by atoms with Crippen LogP contribution in [0.15, 0.2) is 48.5 Å². The number of carbonyl (C=O) groups is 1. The predicted octanol–water partition coefficient (Wildman–Crippen LogP) is 3.30. The van der Waals surface area contributed by atoms with E-state index in [1.165, 1.54) is 12.1 Å². The Morgan fingerprint density at radius 3 is 2.77 bits per heavy atom. The molecule has 1 aliphatic rings. The molecule has 0 radical (unpaired) electrons. The van der Waals surface area contributed by atoms with Crippen LogP contribution >= 0.6 is 11.6 Å². The van der Waals surface area contributed by atoms with Crippen molar-refractivity contribution in [3.63, 3.8) is 0 Å². The molecule has 2 N–H and O–H groups in total. The van der Waals surface area contributed by atoms with E-state index in [0.29, 0.717) is 25.1 Å². The summed E-state index contributed by atoms with van der Waals surface area (Å²) in [5, 5.41) is 13.2. The summed E-state index contributed by atoms with van der Waals surface area (Å²) in [6, 6.07) is 13.9. The molecule has 0 spiro atoms. The van der Waals surface area contributed by atoms with Crippen molar-refractivity contribution in [2.45, 2.75) is 25.3 Å². The summed E-state index contributed by atoms with van der Waals surface area (Å²) < 4.78 is 18.5. The molecule has 26 heavy (non-hydrogen) atoms. The lowest BCUT2D eigenvalue weighted by Gasteiger charge is -2.23. The number of β-amino-alcohol motifs (C(OH)–C–C–N with tert-alkyl or cyclic N) is 1. The van der Waals surface area contributed by atoms with E-state index >= 15 is 0 Å². The number of nitrogens with zero attached hydrogens (tertiary/aromatic N) is 1. The number of hydrogen-bond acceptors (Lipinski definition) is 4. The molecule has 2 aromatic rings. The first-order valence-electron chi connectivity index (χ1n) is 8.32. The highest BCUT2D eigenvalue weighted by atomic mass is 35.5. The van der Waals surface area contributed by atoms with Gasteiger partial charge in [-0.2, -0.15) is 0 Å². The summed E-state index contributed by atoms with van der Waals surface area (Å²) in [7, 11) is 0. The Balaban J connectivity index is 1.49. The minimum Gasteiger partial charge on any atom is -0.416 e. The average Bonchev–Trinajstić information content (AvgIpc) is 2.93. The number of nitrogens with one attached hydrogen (secondary N) is 1. The summed E-state index contributed by atoms with van der Waals surface area (Å²) >= 11 is 5.78. The molecule has 0 bridgehead atoms. The molecule has 0 saturated carbocycles. The normalized spacial score (nSPS) is 20.1. The first-order chi connectivity index (χ1) is 12.4. The number of amides is 1. The Bertz CT molecular complexity index is 754. The molecule has 0 aliphatic carbocycles. The van der Waals surface area contributed by atoms with Crippen LogP contribution in [0.4, 0.5) is 9.18 Å². The fourth-order valence-corrected chi connectivity index (χ4v) is 3.24. The minimum atomic E-state index is -1.53. The Morgan fingerprint density at radius 2 is 2.04 bits per heavy atom. The zero-order chi connectivity index (χ0) is 18.6. The highest BCUT2D eigenvalue weighted by Gasteiger charge is 2.39. The summed E-state index contributed by atoms with van der Waals surface area (Å²) in [5.74, 6) is -2.01. The molecule has 1 fully saturated rings. The maximum absolute atomic E-state index is 13.3. The van der Waals surface area contributed by atoms with E-state index in [-0.39, 0.29) is 18.1 Å². The second kappa shape index (κ2) is 8.03. The fraction of sp³-hybridized carbons (Fsp3) is 0.316. The second-order valence-corrected chi connectivity index (χ2v) is 6.85. The van der Waals surface area contributed by atoms with Gasteiger partial charge in [0.25, 0.3) is 0 Å². The van der Waals surface area contributed by atoms with Gasteiger partial charge < -0.3 is 15.2 Å². The fourth-order valence-electron chi connectivity index (χ4n) is 3.00. The number of likely N-dealkylation sites (tertiary alicyclic amines) is 1. The summed E-state index contributed by atoms with van der Waals surface area (Å²) in [6.45, 7) is 1.59. The van der Waals surface area contributed by atoms with Crippen molar-refractivity contribution in [3.8, 4) is 0 Å². The molecule has 1 saturated heterocycles. The standard InChI is InChI=1S/C19H20ClFN2O3/c20-16-8-15(9-17(21)10-16)11-22-18(24)26-19(25)6-7-23(13-19)12-14-4-2-1-3-5-14/h1-5,8-10,25H,6-7,11-13H2,(H,22,24). The minimum absolute atomic E-state index is 0.0557. The molecule has 1 amide bonds. The lowest BCUT2D eigenvalue weighted by atomic mass is 10.2. The van der Waals surface area contributed by atoms with Crippen molar-refractivity contribution >= 4 is 17.7 Å². The number of aliphatic hydroxyl groups is 1. The number of ether oxygens (including phenoxy) is 1. The topological polar surface area (TPSA) is 61.8 Å². The molecule has 2 aromatic carbocycles. The van der Waals surface area contributed by atoms with Gasteiger partial charge in [-0.25, -0.2) is 9.18 Å². The Labute approximate surface area is 156 Å². The third-order valence-electron chi connectivity index (χ3n) is 4.18. The Kier molecular flexibility index (Phi) is 5.76. The lowest BCUT2D eigenvalue weighted by molar-refractivity contribution is -0.150. The Morgan fingerprint density at radius 1 is 1.27 bits per heavy atom. The molecule has 138 valence electrons. The summed E-state index contributed by atoms with van der Waals surface area (Å²) in [5.41, 5.74) is 1.64. The van der Waals surface area contributed by atoms with Crippen LogP contribution in [0, 0.1) is 5.82 Å². The summed E-state index contributed by atoms with van der Waals surface area (Å²) in [6.07, 6.45) is -0.423. The van der Waals surface area contributed by atoms with E-state index < -0.39 is 17.7 Å². The monoisotopic (exact) mass is 378 g/mol. The molecule has 5 nitrogen and oxygen atoms in total. The van der Waals surface area contributed by atoms with Gasteiger partial charge in [0.2, 0.25) is 5.79 Å². The first kappa shape index (κ1) is 18.6. The van der Waals surface area contributed by atoms with Crippen LogP contribution in [0.2, 0.25) is 5.02 Å². The van der Waals surface area contributed by atoms with Crippen molar-refractivity contribution in [1.29, 1.82) is 0 Å². The van der Waals surface area contributed by atoms with E-state index in [1.54, 1.807) is 6.07 Å². The van der Waals surface area contributed by atoms with Crippen LogP contribution in [0.3, 0.4) is 0 Å². The first-order valence-corrected chi connectivity index (χ1v) is 8.70. The molecule has 1 aliphatic heterocycles. The highest BCUT2D eigenvalue weighted by molar-refractivity contribution is 6.30. The molecular formula is C19H20ClFN2O3. The van der Waals surface area contributed by atoms with Gasteiger partial charge in [-0.05, 0) is 29.3 Å². The number of alkyl carbamates (subject to hydrolysis) is 1. The van der Waals surface area contributed by atoms with Crippen LogP contribution in [-0.4, -0.2) is 35.0 Å². The number of rotatable bonds is 5. The third kappa shape index (κ3) is 5.17. The largest absolute Gasteiger partial charge is 0.416 e. The van der Waals surface area contributed by atoms with Crippen LogP contribution in [-0.2, 0) is 17.8 Å². The van der Waals surface area contributed by atoms with E-state index in [4.69, 9.17) is 16.3 Å². The maximum atomic E-state index is 13.3. The zero-order valence-electron chi connectivity index (χ0n) is 14.1. The van der Waals surface area contributed by atoms with Crippen LogP contribution in [0.1, 0.15) is 17.5 Å². The second-order valence-electron chi connectivity index (χ2n) is 6.41. The average molecular weight is 379 g/mol. The van der Waals surface area contributed by atoms with Gasteiger partial charge in [0, 0.05) is 31.1 Å². The molecule has 1 unspecified atom stereocenters. The van der Waals surface area contributed by atoms with Crippen LogP contribution < -0.4 is 5.32 Å². The molecule has 3 rings (SSSR count). The summed E-state index contributed by atoms with van der Waals surface area (Å²) in [4.78, 5) is 14.0. The highest BCUT2D eigenvalue weighted by Crippen LogP contribution is 2.24. The number of carbonyl (C=O) groups excluding carboxylic acids is 1. The quantitative estimate of drug-likeness (QED) is 0.784. The molecule has 7 heteroatoms. The van der Waals surface area contributed by atoms with E-state index in [2.05, 4.69) is 5.32 Å². The number of benzene rings is 2. The van der Waals surface area contributed by atoms with Crippen LogP contribution in [0.25, 0.3) is 0 Å². The predicted molar refractivity (Wildman–Crippen MR) is 96.0 cm³/mol. The van der Waals surface area contributed by atoms with Crippen LogP contribution in [0.5, 0.6) is 0 Å². The van der Waals surface area contributed by atoms with Crippen molar-refractivity contribution in [1.82, 2.24) is 10.2 Å². The van der Waals surface area contributed by atoms with E-state index in [9.17, 15) is 14.3 Å². The van der Waals surface area contributed by atoms with Gasteiger partial charge in [-0.15, -0.1) is 0 Å². The van der Waals surface area contributed by atoms with Gasteiger partial charge >= 0.3 is 6.09 Å². The lowest BCUT2D eigenvalue weighted by Crippen LogP contribution is -2.41. The van der Waals surface area contributed by atoms with Gasteiger partial charge in [0.1, 0.15) is 5.82 Å². The molecule has 0 aromatic heterocycles. The smallest absolute Gasteiger partial charge is 0.409 e. The maximum Gasteiger partial charge on any atom is 0.409 e. The van der Waals surface area contributed by atoms with E-state index in [1.807, 2.05) is 35.2 Å². The van der Waals surface area contributed by atoms with Crippen molar-refractivity contribution in [3.05, 3.63) is 70.5 Å². The van der Waals surface area contributed by atoms with E-state index in [0.717, 1.165) is 5.56 Å². The Hall–Kier alpha value is -2.15. The third-order valence-corrected chi connectivity index (χ3v) is 4.40. The van der Waals surface area contributed by atoms with Crippen molar-refractivity contribution < 1.29 is 19.0 Å². The number of halogens is 2. The van der Waals surface area contributed by atoms with Gasteiger partial charge in [-0.3, -0.25) is 4.90 Å². The van der Waals surface area contributed by atoms with Crippen molar-refractivity contribution in [2.75, 3.05) is 13.1 Å². The number of hydrogen-bond donors (Lipinski definition) is 2. The molecular weight excluding hydrogens is 359 g/mol. The SMILES string of the molecule is O=C(NCc1cc(F)cc(Cl)c1)OC1(O)CCN(Cc2ccccc2)C1. The molecule has 1 atom stereocenters.